The van der Waals surface area contributed by atoms with Gasteiger partial charge in [0.05, 0.1) is 45.7 Å². The molecule has 39 heavy (non-hydrogen) atoms. The van der Waals surface area contributed by atoms with E-state index in [1.54, 1.807) is 7.11 Å². The van der Waals surface area contributed by atoms with E-state index in [1.807, 2.05) is 73.7 Å². The quantitative estimate of drug-likeness (QED) is 0.199. The van der Waals surface area contributed by atoms with Crippen molar-refractivity contribution in [3.8, 4) is 11.5 Å². The number of rotatable bonds is 18. The summed E-state index contributed by atoms with van der Waals surface area (Å²) in [6.45, 7) is 6.22. The molecule has 0 aliphatic carbocycles. The molecule has 6 nitrogen and oxygen atoms in total. The Labute approximate surface area is 233 Å². The molecule has 1 N–H and O–H groups in total. The van der Waals surface area contributed by atoms with Crippen LogP contribution in [-0.2, 0) is 33.7 Å². The molecule has 0 aliphatic heterocycles. The minimum Gasteiger partial charge on any atom is -0.497 e. The lowest BCUT2D eigenvalue weighted by molar-refractivity contribution is -0.122. The maximum Gasteiger partial charge on any atom is 0.220 e. The van der Waals surface area contributed by atoms with Crippen LogP contribution in [0.4, 0.5) is 0 Å². The number of unbranched alkanes of at least 4 members (excludes halogenated alkanes) is 1. The lowest BCUT2D eigenvalue weighted by Gasteiger charge is -2.21. The van der Waals surface area contributed by atoms with Crippen molar-refractivity contribution in [2.75, 3.05) is 26.9 Å². The second-order valence-corrected chi connectivity index (χ2v) is 9.81. The van der Waals surface area contributed by atoms with Crippen molar-refractivity contribution in [3.63, 3.8) is 0 Å². The first-order valence-corrected chi connectivity index (χ1v) is 13.9. The van der Waals surface area contributed by atoms with Gasteiger partial charge in [-0.15, -0.1) is 0 Å². The predicted molar refractivity (Wildman–Crippen MR) is 155 cm³/mol. The van der Waals surface area contributed by atoms with E-state index < -0.39 is 0 Å². The SMILES string of the molecule is CCCCOc1ccc(CC(COCC(C)OCc2ccc(OC)cc2)NC(=O)CCc2ccccc2)cc1. The van der Waals surface area contributed by atoms with Gasteiger partial charge in [0, 0.05) is 6.42 Å². The van der Waals surface area contributed by atoms with Gasteiger partial charge in [-0.25, -0.2) is 0 Å². The Morgan fingerprint density at radius 2 is 1.54 bits per heavy atom. The summed E-state index contributed by atoms with van der Waals surface area (Å²) >= 11 is 0. The van der Waals surface area contributed by atoms with Gasteiger partial charge in [-0.2, -0.15) is 0 Å². The van der Waals surface area contributed by atoms with Gasteiger partial charge in [0.15, 0.2) is 0 Å². The van der Waals surface area contributed by atoms with Crippen LogP contribution >= 0.6 is 0 Å². The molecule has 1 amide bonds. The van der Waals surface area contributed by atoms with Gasteiger partial charge in [0.1, 0.15) is 11.5 Å². The van der Waals surface area contributed by atoms with E-state index in [0.29, 0.717) is 39.1 Å². The zero-order valence-electron chi connectivity index (χ0n) is 23.6. The van der Waals surface area contributed by atoms with Crippen molar-refractivity contribution >= 4 is 5.91 Å². The second kappa shape index (κ2) is 17.3. The number of amides is 1. The van der Waals surface area contributed by atoms with Crippen LogP contribution in [0.25, 0.3) is 0 Å². The molecule has 0 heterocycles. The molecule has 2 unspecified atom stereocenters. The number of hydrogen-bond donors (Lipinski definition) is 1. The normalized spacial score (nSPS) is 12.5. The van der Waals surface area contributed by atoms with E-state index in [-0.39, 0.29) is 18.1 Å². The van der Waals surface area contributed by atoms with Gasteiger partial charge in [-0.05, 0) is 67.1 Å². The number of aryl methyl sites for hydroxylation is 1. The third kappa shape index (κ3) is 11.9. The van der Waals surface area contributed by atoms with Crippen LogP contribution in [0, 0.1) is 0 Å². The highest BCUT2D eigenvalue weighted by molar-refractivity contribution is 5.76. The van der Waals surface area contributed by atoms with Crippen molar-refractivity contribution in [1.29, 1.82) is 0 Å². The lowest BCUT2D eigenvalue weighted by Crippen LogP contribution is -2.40. The van der Waals surface area contributed by atoms with Crippen LogP contribution in [-0.4, -0.2) is 45.0 Å². The molecule has 6 heteroatoms. The average molecular weight is 534 g/mol. The molecule has 0 saturated heterocycles. The van der Waals surface area contributed by atoms with Gasteiger partial charge in [-0.1, -0.05) is 67.9 Å². The maximum absolute atomic E-state index is 12.8. The fourth-order valence-electron chi connectivity index (χ4n) is 4.08. The van der Waals surface area contributed by atoms with Gasteiger partial charge in [0.25, 0.3) is 0 Å². The second-order valence-electron chi connectivity index (χ2n) is 9.81. The van der Waals surface area contributed by atoms with Crippen molar-refractivity contribution in [2.24, 2.45) is 0 Å². The van der Waals surface area contributed by atoms with E-state index in [2.05, 4.69) is 24.4 Å². The Hall–Kier alpha value is -3.35. The van der Waals surface area contributed by atoms with Crippen LogP contribution < -0.4 is 14.8 Å². The minimum absolute atomic E-state index is 0.0239. The zero-order chi connectivity index (χ0) is 27.7. The lowest BCUT2D eigenvalue weighted by atomic mass is 10.1. The summed E-state index contributed by atoms with van der Waals surface area (Å²) in [6, 6.07) is 25.9. The highest BCUT2D eigenvalue weighted by atomic mass is 16.5. The van der Waals surface area contributed by atoms with E-state index in [1.165, 1.54) is 0 Å². The summed E-state index contributed by atoms with van der Waals surface area (Å²) in [4.78, 5) is 12.8. The number of ether oxygens (including phenoxy) is 4. The molecule has 0 radical (unpaired) electrons. The van der Waals surface area contributed by atoms with Crippen LogP contribution in [0.3, 0.4) is 0 Å². The Morgan fingerprint density at radius 1 is 0.846 bits per heavy atom. The number of benzene rings is 3. The van der Waals surface area contributed by atoms with E-state index in [0.717, 1.165) is 47.6 Å². The number of methoxy groups -OCH3 is 1. The molecular formula is C33H43NO5. The molecule has 0 spiro atoms. The van der Waals surface area contributed by atoms with Crippen molar-refractivity contribution < 1.29 is 23.7 Å². The Balaban J connectivity index is 1.49. The topological polar surface area (TPSA) is 66.0 Å². The van der Waals surface area contributed by atoms with Crippen LogP contribution in [0.15, 0.2) is 78.9 Å². The molecule has 0 aliphatic rings. The third-order valence-electron chi connectivity index (χ3n) is 6.39. The molecule has 0 aromatic heterocycles. The van der Waals surface area contributed by atoms with E-state index in [4.69, 9.17) is 18.9 Å². The fraction of sp³-hybridized carbons (Fsp3) is 0.424. The van der Waals surface area contributed by atoms with Crippen molar-refractivity contribution in [1.82, 2.24) is 5.32 Å². The Bertz CT molecular complexity index is 1070. The first-order valence-electron chi connectivity index (χ1n) is 13.9. The van der Waals surface area contributed by atoms with Gasteiger partial charge in [0.2, 0.25) is 5.91 Å². The van der Waals surface area contributed by atoms with E-state index in [9.17, 15) is 4.79 Å². The number of nitrogens with one attached hydrogen (secondary N) is 1. The summed E-state index contributed by atoms with van der Waals surface area (Å²) < 4.78 is 23.0. The molecule has 2 atom stereocenters. The summed E-state index contributed by atoms with van der Waals surface area (Å²) in [5.74, 6) is 1.72. The highest BCUT2D eigenvalue weighted by Crippen LogP contribution is 2.15. The third-order valence-corrected chi connectivity index (χ3v) is 6.39. The number of carbonyl (C=O) groups is 1. The maximum atomic E-state index is 12.8. The molecule has 3 rings (SSSR count). The summed E-state index contributed by atoms with van der Waals surface area (Å²) in [5.41, 5.74) is 3.36. The predicted octanol–water partition coefficient (Wildman–Crippen LogP) is 6.16. The molecule has 0 saturated carbocycles. The minimum atomic E-state index is -0.145. The smallest absolute Gasteiger partial charge is 0.220 e. The number of carbonyl (C=O) groups excluding carboxylic acids is 1. The van der Waals surface area contributed by atoms with Gasteiger partial charge in [-0.3, -0.25) is 4.79 Å². The van der Waals surface area contributed by atoms with Crippen molar-refractivity contribution in [2.45, 2.75) is 64.7 Å². The fourth-order valence-corrected chi connectivity index (χ4v) is 4.08. The molecule has 210 valence electrons. The first kappa shape index (κ1) is 30.2. The van der Waals surface area contributed by atoms with Crippen LogP contribution in [0.2, 0.25) is 0 Å². The van der Waals surface area contributed by atoms with Gasteiger partial charge < -0.3 is 24.3 Å². The monoisotopic (exact) mass is 533 g/mol. The van der Waals surface area contributed by atoms with E-state index >= 15 is 0 Å². The molecule has 0 bridgehead atoms. The van der Waals surface area contributed by atoms with Gasteiger partial charge >= 0.3 is 0 Å². The number of hydrogen-bond acceptors (Lipinski definition) is 5. The van der Waals surface area contributed by atoms with Crippen molar-refractivity contribution in [3.05, 3.63) is 95.6 Å². The molecular weight excluding hydrogens is 490 g/mol. The first-order chi connectivity index (χ1) is 19.1. The van der Waals surface area contributed by atoms with Crippen LogP contribution in [0.5, 0.6) is 11.5 Å². The average Bonchev–Trinajstić information content (AvgIpc) is 2.97. The zero-order valence-corrected chi connectivity index (χ0v) is 23.6. The largest absolute Gasteiger partial charge is 0.497 e. The molecule has 3 aromatic rings. The molecule has 0 fully saturated rings. The standard InChI is InChI=1S/C33H43NO5/c1-4-5-21-38-32-18-11-28(12-19-32)22-30(34-33(35)20-15-27-9-7-6-8-10-27)25-37-23-26(2)39-24-29-13-16-31(36-3)17-14-29/h6-14,16-19,26,30H,4-5,15,20-25H2,1-3H3,(H,34,35). The molecule has 3 aromatic carbocycles. The summed E-state index contributed by atoms with van der Waals surface area (Å²) in [7, 11) is 1.65. The van der Waals surface area contributed by atoms with Crippen LogP contribution in [0.1, 0.15) is 49.8 Å². The summed E-state index contributed by atoms with van der Waals surface area (Å²) in [6.07, 6.45) is 3.88. The Kier molecular flexibility index (Phi) is 13.4. The highest BCUT2D eigenvalue weighted by Gasteiger charge is 2.15. The summed E-state index contributed by atoms with van der Waals surface area (Å²) in [5, 5.41) is 3.19. The Morgan fingerprint density at radius 3 is 2.23 bits per heavy atom.